The van der Waals surface area contributed by atoms with Crippen molar-refractivity contribution in [2.75, 3.05) is 38.8 Å². The van der Waals surface area contributed by atoms with E-state index in [1.807, 2.05) is 32.0 Å². The number of oxazole rings is 1. The lowest BCUT2D eigenvalue weighted by molar-refractivity contribution is -0.00676. The van der Waals surface area contributed by atoms with Crippen LogP contribution in [0.15, 0.2) is 23.1 Å². The van der Waals surface area contributed by atoms with Crippen LogP contribution in [0.1, 0.15) is 28.1 Å². The minimum atomic E-state index is -0.347. The fourth-order valence-electron chi connectivity index (χ4n) is 2.48. The van der Waals surface area contributed by atoms with E-state index < -0.39 is 0 Å². The number of hydrogen-bond acceptors (Lipinski definition) is 7. The van der Waals surface area contributed by atoms with Gasteiger partial charge in [-0.15, -0.1) is 0 Å². The molecule has 1 atom stereocenters. The highest BCUT2D eigenvalue weighted by atomic mass is 16.5. The zero-order chi connectivity index (χ0) is 16.4. The SMILES string of the molecule is Cc1cc(N(C)C)nc([C@H]2COCCN2C(=O)c2cnco2)n1. The largest absolute Gasteiger partial charge is 0.438 e. The Labute approximate surface area is 134 Å². The first-order chi connectivity index (χ1) is 11.1. The molecule has 1 aliphatic heterocycles. The molecule has 122 valence electrons. The minimum absolute atomic E-state index is 0.206. The third kappa shape index (κ3) is 3.16. The van der Waals surface area contributed by atoms with E-state index in [2.05, 4.69) is 15.0 Å². The van der Waals surface area contributed by atoms with Crippen LogP contribution in [0.4, 0.5) is 5.82 Å². The summed E-state index contributed by atoms with van der Waals surface area (Å²) in [5.74, 6) is 1.34. The molecule has 0 bridgehead atoms. The van der Waals surface area contributed by atoms with Gasteiger partial charge in [0.25, 0.3) is 5.91 Å². The van der Waals surface area contributed by atoms with Crippen LogP contribution >= 0.6 is 0 Å². The molecule has 0 saturated carbocycles. The maximum Gasteiger partial charge on any atom is 0.292 e. The van der Waals surface area contributed by atoms with Gasteiger partial charge in [-0.25, -0.2) is 15.0 Å². The van der Waals surface area contributed by atoms with E-state index in [4.69, 9.17) is 9.15 Å². The Morgan fingerprint density at radius 2 is 2.22 bits per heavy atom. The number of carbonyl (C=O) groups excluding carboxylic acids is 1. The van der Waals surface area contributed by atoms with Gasteiger partial charge in [-0.2, -0.15) is 0 Å². The molecule has 0 N–H and O–H groups in total. The zero-order valence-corrected chi connectivity index (χ0v) is 13.4. The molecule has 2 aromatic heterocycles. The van der Waals surface area contributed by atoms with Gasteiger partial charge in [-0.05, 0) is 6.92 Å². The standard InChI is InChI=1S/C15H19N5O3/c1-10-6-13(19(2)3)18-14(17-10)11-8-22-5-4-20(11)15(21)12-7-16-9-23-12/h6-7,9,11H,4-5,8H2,1-3H3/t11-/m1/s1. The number of aryl methyl sites for hydroxylation is 1. The first-order valence-electron chi connectivity index (χ1n) is 7.36. The van der Waals surface area contributed by atoms with Crippen LogP contribution in [0.5, 0.6) is 0 Å². The van der Waals surface area contributed by atoms with E-state index in [9.17, 15) is 4.79 Å². The number of hydrogen-bond donors (Lipinski definition) is 0. The fraction of sp³-hybridized carbons (Fsp3) is 0.467. The van der Waals surface area contributed by atoms with Crippen molar-refractivity contribution in [3.8, 4) is 0 Å². The number of aromatic nitrogens is 3. The minimum Gasteiger partial charge on any atom is -0.438 e. The average molecular weight is 317 g/mol. The monoisotopic (exact) mass is 317 g/mol. The molecule has 2 aromatic rings. The van der Waals surface area contributed by atoms with Crippen molar-refractivity contribution in [2.24, 2.45) is 0 Å². The number of amides is 1. The van der Waals surface area contributed by atoms with Gasteiger partial charge in [-0.1, -0.05) is 0 Å². The smallest absolute Gasteiger partial charge is 0.292 e. The first kappa shape index (κ1) is 15.4. The van der Waals surface area contributed by atoms with Crippen molar-refractivity contribution in [2.45, 2.75) is 13.0 Å². The van der Waals surface area contributed by atoms with Gasteiger partial charge in [0.2, 0.25) is 5.76 Å². The number of nitrogens with zero attached hydrogens (tertiary/aromatic N) is 5. The van der Waals surface area contributed by atoms with Crippen LogP contribution in [0.2, 0.25) is 0 Å². The van der Waals surface area contributed by atoms with Crippen molar-refractivity contribution >= 4 is 11.7 Å². The predicted octanol–water partition coefficient (Wildman–Crippen LogP) is 1.05. The lowest BCUT2D eigenvalue weighted by Gasteiger charge is -2.34. The zero-order valence-electron chi connectivity index (χ0n) is 13.4. The lowest BCUT2D eigenvalue weighted by atomic mass is 10.2. The number of rotatable bonds is 3. The van der Waals surface area contributed by atoms with Gasteiger partial charge in [0.05, 0.1) is 19.4 Å². The summed E-state index contributed by atoms with van der Waals surface area (Å²) in [5.41, 5.74) is 0.844. The van der Waals surface area contributed by atoms with E-state index in [-0.39, 0.29) is 17.7 Å². The second-order valence-corrected chi connectivity index (χ2v) is 5.58. The predicted molar refractivity (Wildman–Crippen MR) is 82.2 cm³/mol. The number of morpholine rings is 1. The molecule has 0 unspecified atom stereocenters. The fourth-order valence-corrected chi connectivity index (χ4v) is 2.48. The molecular formula is C15H19N5O3. The Bertz CT molecular complexity index is 686. The van der Waals surface area contributed by atoms with E-state index in [0.717, 1.165) is 11.5 Å². The summed E-state index contributed by atoms with van der Waals surface area (Å²) in [6.07, 6.45) is 2.66. The molecule has 1 fully saturated rings. The third-order valence-corrected chi connectivity index (χ3v) is 3.65. The highest BCUT2D eigenvalue weighted by molar-refractivity contribution is 5.91. The van der Waals surface area contributed by atoms with E-state index in [0.29, 0.717) is 25.6 Å². The molecule has 0 spiro atoms. The van der Waals surface area contributed by atoms with Gasteiger partial charge in [0.1, 0.15) is 11.9 Å². The molecule has 23 heavy (non-hydrogen) atoms. The van der Waals surface area contributed by atoms with Gasteiger partial charge in [-0.3, -0.25) is 4.79 Å². The molecule has 0 aliphatic carbocycles. The van der Waals surface area contributed by atoms with Crippen LogP contribution in [-0.4, -0.2) is 59.6 Å². The Morgan fingerprint density at radius 1 is 1.39 bits per heavy atom. The van der Waals surface area contributed by atoms with Crippen molar-refractivity contribution < 1.29 is 13.9 Å². The van der Waals surface area contributed by atoms with Crippen LogP contribution < -0.4 is 4.90 Å². The van der Waals surface area contributed by atoms with Gasteiger partial charge >= 0.3 is 0 Å². The molecule has 1 aliphatic rings. The summed E-state index contributed by atoms with van der Waals surface area (Å²) in [5, 5.41) is 0. The Hall–Kier alpha value is -2.48. The maximum absolute atomic E-state index is 12.6. The first-order valence-corrected chi connectivity index (χ1v) is 7.36. The second kappa shape index (κ2) is 6.33. The van der Waals surface area contributed by atoms with E-state index in [1.165, 1.54) is 12.6 Å². The summed E-state index contributed by atoms with van der Waals surface area (Å²) >= 11 is 0. The Morgan fingerprint density at radius 3 is 2.91 bits per heavy atom. The Kier molecular flexibility index (Phi) is 4.24. The second-order valence-electron chi connectivity index (χ2n) is 5.58. The summed E-state index contributed by atoms with van der Waals surface area (Å²) in [6.45, 7) is 3.20. The van der Waals surface area contributed by atoms with Gasteiger partial charge < -0.3 is 19.0 Å². The normalized spacial score (nSPS) is 18.0. The van der Waals surface area contributed by atoms with E-state index in [1.54, 1.807) is 4.90 Å². The molecule has 8 nitrogen and oxygen atoms in total. The molecule has 3 heterocycles. The molecular weight excluding hydrogens is 298 g/mol. The number of carbonyl (C=O) groups is 1. The van der Waals surface area contributed by atoms with Gasteiger partial charge in [0, 0.05) is 32.4 Å². The highest BCUT2D eigenvalue weighted by Gasteiger charge is 2.33. The van der Waals surface area contributed by atoms with E-state index >= 15 is 0 Å². The van der Waals surface area contributed by atoms with Crippen molar-refractivity contribution in [1.82, 2.24) is 19.9 Å². The quantitative estimate of drug-likeness (QED) is 0.836. The molecule has 0 aromatic carbocycles. The summed E-state index contributed by atoms with van der Waals surface area (Å²) in [6, 6.07) is 1.55. The Balaban J connectivity index is 1.94. The van der Waals surface area contributed by atoms with Crippen LogP contribution in [-0.2, 0) is 4.74 Å². The highest BCUT2D eigenvalue weighted by Crippen LogP contribution is 2.25. The molecule has 1 saturated heterocycles. The summed E-state index contributed by atoms with van der Waals surface area (Å²) in [4.78, 5) is 29.1. The topological polar surface area (TPSA) is 84.6 Å². The number of ether oxygens (including phenoxy) is 1. The third-order valence-electron chi connectivity index (χ3n) is 3.65. The van der Waals surface area contributed by atoms with Crippen molar-refractivity contribution in [3.05, 3.63) is 35.9 Å². The molecule has 8 heteroatoms. The summed E-state index contributed by atoms with van der Waals surface area (Å²) in [7, 11) is 3.83. The number of anilines is 1. The van der Waals surface area contributed by atoms with Crippen LogP contribution in [0.25, 0.3) is 0 Å². The summed E-state index contributed by atoms with van der Waals surface area (Å²) < 4.78 is 10.7. The average Bonchev–Trinajstić information content (AvgIpc) is 3.08. The van der Waals surface area contributed by atoms with Crippen LogP contribution in [0, 0.1) is 6.92 Å². The molecule has 3 rings (SSSR count). The molecule has 0 radical (unpaired) electrons. The molecule has 1 amide bonds. The maximum atomic E-state index is 12.6. The van der Waals surface area contributed by atoms with Crippen molar-refractivity contribution in [3.63, 3.8) is 0 Å². The lowest BCUT2D eigenvalue weighted by Crippen LogP contribution is -2.44. The van der Waals surface area contributed by atoms with Gasteiger partial charge in [0.15, 0.2) is 12.2 Å². The van der Waals surface area contributed by atoms with Crippen molar-refractivity contribution in [1.29, 1.82) is 0 Å². The van der Waals surface area contributed by atoms with Crippen LogP contribution in [0.3, 0.4) is 0 Å².